The van der Waals surface area contributed by atoms with E-state index in [9.17, 15) is 19.1 Å². The molecule has 0 bridgehead atoms. The Labute approximate surface area is 209 Å². The maximum Gasteiger partial charge on any atom is 0.338 e. The standard InChI is InChI=1S/C28H21FN2O4S/c1-2-35-27(34)23-24(18-8-4-3-5-9-18)30-28-31(25(23)19-11-13-20(29)14-12-19)26(33)22(36-28)16-17-7-6-10-21(32)15-17/h3-16,25,32H,2H2,1H3/b22-16-/t25-/m0/s1. The third-order valence-corrected chi connectivity index (χ3v) is 6.71. The zero-order chi connectivity index (χ0) is 25.2. The lowest BCUT2D eigenvalue weighted by atomic mass is 9.93. The zero-order valence-electron chi connectivity index (χ0n) is 19.2. The Morgan fingerprint density at radius 1 is 1.11 bits per heavy atom. The molecule has 5 rings (SSSR count). The average molecular weight is 501 g/mol. The largest absolute Gasteiger partial charge is 0.508 e. The van der Waals surface area contributed by atoms with E-state index in [0.29, 0.717) is 31.7 Å². The Hall–Kier alpha value is -4.30. The Bertz CT molecular complexity index is 1650. The summed E-state index contributed by atoms with van der Waals surface area (Å²) in [5.41, 5.74) is 2.13. The van der Waals surface area contributed by atoms with Gasteiger partial charge in [-0.05, 0) is 48.4 Å². The van der Waals surface area contributed by atoms with Crippen molar-refractivity contribution in [2.24, 2.45) is 4.99 Å². The Balaban J connectivity index is 1.83. The third kappa shape index (κ3) is 4.38. The predicted octanol–water partition coefficient (Wildman–Crippen LogP) is 3.78. The van der Waals surface area contributed by atoms with Gasteiger partial charge in [0.05, 0.1) is 28.5 Å². The SMILES string of the molecule is CCOC(=O)C1=C(c2ccccc2)N=c2s/c(=C\c3cccc(O)c3)c(=O)n2[C@H]1c1ccc(F)cc1. The molecular weight excluding hydrogens is 479 g/mol. The molecule has 0 spiro atoms. The molecule has 8 heteroatoms. The number of phenolic OH excluding ortho intramolecular Hbond substituents is 1. The fourth-order valence-electron chi connectivity index (χ4n) is 4.17. The Morgan fingerprint density at radius 3 is 2.56 bits per heavy atom. The molecule has 0 unspecified atom stereocenters. The van der Waals surface area contributed by atoms with Gasteiger partial charge in [-0.15, -0.1) is 0 Å². The van der Waals surface area contributed by atoms with Gasteiger partial charge in [-0.2, -0.15) is 0 Å². The van der Waals surface area contributed by atoms with Crippen molar-refractivity contribution in [2.45, 2.75) is 13.0 Å². The van der Waals surface area contributed by atoms with E-state index in [1.165, 1.54) is 28.0 Å². The summed E-state index contributed by atoms with van der Waals surface area (Å²) in [5.74, 6) is -0.951. The van der Waals surface area contributed by atoms with Crippen molar-refractivity contribution >= 4 is 29.1 Å². The summed E-state index contributed by atoms with van der Waals surface area (Å²) < 4.78 is 21.0. The summed E-state index contributed by atoms with van der Waals surface area (Å²) >= 11 is 1.18. The maximum atomic E-state index is 13.8. The first-order valence-corrected chi connectivity index (χ1v) is 12.1. The molecule has 0 saturated carbocycles. The van der Waals surface area contributed by atoms with Crippen LogP contribution in [0.3, 0.4) is 0 Å². The molecule has 0 saturated heterocycles. The summed E-state index contributed by atoms with van der Waals surface area (Å²) in [6, 6.07) is 20.6. The predicted molar refractivity (Wildman–Crippen MR) is 136 cm³/mol. The van der Waals surface area contributed by atoms with Gasteiger partial charge in [0.25, 0.3) is 5.56 Å². The highest BCUT2D eigenvalue weighted by Gasteiger charge is 2.35. The summed E-state index contributed by atoms with van der Waals surface area (Å²) in [6.07, 6.45) is 1.67. The van der Waals surface area contributed by atoms with Crippen LogP contribution in [0.5, 0.6) is 5.75 Å². The van der Waals surface area contributed by atoms with Gasteiger partial charge in [-0.3, -0.25) is 9.36 Å². The molecule has 2 heterocycles. The van der Waals surface area contributed by atoms with Gasteiger partial charge in [0.15, 0.2) is 4.80 Å². The van der Waals surface area contributed by atoms with Crippen molar-refractivity contribution < 1.29 is 19.0 Å². The van der Waals surface area contributed by atoms with Crippen molar-refractivity contribution in [2.75, 3.05) is 6.61 Å². The quantitative estimate of drug-likeness (QED) is 0.423. The lowest BCUT2D eigenvalue weighted by Gasteiger charge is -2.25. The molecule has 6 nitrogen and oxygen atoms in total. The number of aromatic hydroxyl groups is 1. The summed E-state index contributed by atoms with van der Waals surface area (Å²) in [7, 11) is 0. The molecule has 36 heavy (non-hydrogen) atoms. The first-order valence-electron chi connectivity index (χ1n) is 11.3. The topological polar surface area (TPSA) is 80.9 Å². The molecule has 1 aromatic heterocycles. The number of fused-ring (bicyclic) bond motifs is 1. The number of carbonyl (C=O) groups excluding carboxylic acids is 1. The number of esters is 1. The highest BCUT2D eigenvalue weighted by Crippen LogP contribution is 2.35. The van der Waals surface area contributed by atoms with Crippen molar-refractivity contribution in [3.63, 3.8) is 0 Å². The number of benzene rings is 3. The second-order valence-electron chi connectivity index (χ2n) is 8.08. The zero-order valence-corrected chi connectivity index (χ0v) is 20.0. The molecule has 3 aromatic carbocycles. The minimum absolute atomic E-state index is 0.0803. The van der Waals surface area contributed by atoms with Crippen LogP contribution in [0.15, 0.2) is 94.2 Å². The number of ether oxygens (including phenoxy) is 1. The summed E-state index contributed by atoms with van der Waals surface area (Å²) in [4.78, 5) is 32.2. The number of aromatic nitrogens is 1. The number of rotatable bonds is 5. The maximum absolute atomic E-state index is 13.8. The van der Waals surface area contributed by atoms with Crippen LogP contribution >= 0.6 is 11.3 Å². The van der Waals surface area contributed by atoms with Crippen molar-refractivity contribution in [1.29, 1.82) is 0 Å². The molecule has 0 amide bonds. The lowest BCUT2D eigenvalue weighted by molar-refractivity contribution is -0.138. The first kappa shape index (κ1) is 23.4. The monoisotopic (exact) mass is 500 g/mol. The van der Waals surface area contributed by atoms with E-state index >= 15 is 0 Å². The van der Waals surface area contributed by atoms with Gasteiger partial charge in [-0.1, -0.05) is 65.9 Å². The van der Waals surface area contributed by atoms with Crippen LogP contribution in [0.1, 0.15) is 29.7 Å². The molecule has 4 aromatic rings. The van der Waals surface area contributed by atoms with Gasteiger partial charge in [0.1, 0.15) is 11.6 Å². The van der Waals surface area contributed by atoms with Gasteiger partial charge in [0, 0.05) is 5.56 Å². The number of thiazole rings is 1. The normalized spacial score (nSPS) is 15.4. The van der Waals surface area contributed by atoms with E-state index in [2.05, 4.69) is 0 Å². The molecule has 180 valence electrons. The van der Waals surface area contributed by atoms with Gasteiger partial charge in [0.2, 0.25) is 0 Å². The molecule has 0 fully saturated rings. The molecule has 0 aliphatic carbocycles. The van der Waals surface area contributed by atoms with E-state index in [4.69, 9.17) is 9.73 Å². The third-order valence-electron chi connectivity index (χ3n) is 5.73. The number of phenols is 1. The fourth-order valence-corrected chi connectivity index (χ4v) is 5.17. The van der Waals surface area contributed by atoms with Gasteiger partial charge in [-0.25, -0.2) is 14.2 Å². The summed E-state index contributed by atoms with van der Waals surface area (Å²) in [6.45, 7) is 1.85. The number of hydrogen-bond acceptors (Lipinski definition) is 6. The van der Waals surface area contributed by atoms with E-state index in [1.54, 1.807) is 49.4 Å². The fraction of sp³-hybridized carbons (Fsp3) is 0.107. The molecule has 1 N–H and O–H groups in total. The van der Waals surface area contributed by atoms with Crippen LogP contribution in [0, 0.1) is 5.82 Å². The Morgan fingerprint density at radius 2 is 1.86 bits per heavy atom. The van der Waals surface area contributed by atoms with Crippen LogP contribution in [-0.2, 0) is 9.53 Å². The van der Waals surface area contributed by atoms with Crippen LogP contribution in [-0.4, -0.2) is 22.2 Å². The second kappa shape index (κ2) is 9.75. The van der Waals surface area contributed by atoms with Crippen LogP contribution in [0.2, 0.25) is 0 Å². The van der Waals surface area contributed by atoms with Gasteiger partial charge >= 0.3 is 5.97 Å². The Kier molecular flexibility index (Phi) is 6.35. The minimum atomic E-state index is -0.873. The molecular formula is C28H21FN2O4S. The van der Waals surface area contributed by atoms with Crippen molar-refractivity contribution in [3.8, 4) is 5.75 Å². The van der Waals surface area contributed by atoms with Crippen LogP contribution in [0.25, 0.3) is 11.8 Å². The van der Waals surface area contributed by atoms with E-state index in [-0.39, 0.29) is 23.5 Å². The van der Waals surface area contributed by atoms with E-state index < -0.39 is 17.8 Å². The highest BCUT2D eigenvalue weighted by molar-refractivity contribution is 7.07. The molecule has 1 aliphatic heterocycles. The van der Waals surface area contributed by atoms with Crippen LogP contribution < -0.4 is 14.9 Å². The summed E-state index contributed by atoms with van der Waals surface area (Å²) in [5, 5.41) is 9.84. The lowest BCUT2D eigenvalue weighted by Crippen LogP contribution is -2.40. The van der Waals surface area contributed by atoms with E-state index in [1.807, 2.05) is 30.3 Å². The first-order chi connectivity index (χ1) is 17.5. The number of carbonyl (C=O) groups is 1. The molecule has 1 atom stereocenters. The average Bonchev–Trinajstić information content (AvgIpc) is 3.19. The smallest absolute Gasteiger partial charge is 0.338 e. The second-order valence-corrected chi connectivity index (χ2v) is 9.09. The number of nitrogens with zero attached hydrogens (tertiary/aromatic N) is 2. The van der Waals surface area contributed by atoms with Crippen molar-refractivity contribution in [1.82, 2.24) is 4.57 Å². The van der Waals surface area contributed by atoms with Crippen LogP contribution in [0.4, 0.5) is 4.39 Å². The molecule has 1 aliphatic rings. The van der Waals surface area contributed by atoms with E-state index in [0.717, 1.165) is 0 Å². The highest BCUT2D eigenvalue weighted by atomic mass is 32.1. The molecule has 0 radical (unpaired) electrons. The number of halogens is 1. The number of hydrogen-bond donors (Lipinski definition) is 1. The minimum Gasteiger partial charge on any atom is -0.508 e. The van der Waals surface area contributed by atoms with Gasteiger partial charge < -0.3 is 9.84 Å². The van der Waals surface area contributed by atoms with Crippen molar-refractivity contribution in [3.05, 3.63) is 127 Å².